The molecule has 2 amide bonds. The third-order valence-corrected chi connectivity index (χ3v) is 2.72. The monoisotopic (exact) mass is 281 g/mol. The molecule has 2 rings (SSSR count). The van der Waals surface area contributed by atoms with Crippen molar-refractivity contribution in [2.75, 3.05) is 17.7 Å². The van der Waals surface area contributed by atoms with E-state index in [0.29, 0.717) is 10.7 Å². The summed E-state index contributed by atoms with van der Waals surface area (Å²) in [5, 5.41) is 11.9. The Bertz CT molecular complexity index is 599. The summed E-state index contributed by atoms with van der Waals surface area (Å²) in [7, 11) is 1.43. The molecule has 0 atom stereocenters. The fraction of sp³-hybridized carbons (Fsp3) is 0.182. The van der Waals surface area contributed by atoms with Crippen LogP contribution in [0.5, 0.6) is 6.01 Å². The Kier molecular flexibility index (Phi) is 3.86. The minimum absolute atomic E-state index is 0.147. The van der Waals surface area contributed by atoms with E-state index in [1.807, 2.05) is 13.0 Å². The maximum Gasteiger partial charge on any atom is 0.336 e. The number of ether oxygens (including phenoxy) is 1. The van der Waals surface area contributed by atoms with Crippen molar-refractivity contribution in [3.63, 3.8) is 0 Å². The van der Waals surface area contributed by atoms with Crippen LogP contribution in [0.2, 0.25) is 5.02 Å². The highest BCUT2D eigenvalue weighted by molar-refractivity contribution is 6.31. The molecular weight excluding hydrogens is 270 g/mol. The Hall–Kier alpha value is -2.28. The van der Waals surface area contributed by atoms with Gasteiger partial charge >= 0.3 is 12.0 Å². The number of halogens is 1. The Morgan fingerprint density at radius 2 is 2.21 bits per heavy atom. The summed E-state index contributed by atoms with van der Waals surface area (Å²) in [5.74, 6) is 0.188. The average molecular weight is 282 g/mol. The number of urea groups is 1. The molecule has 19 heavy (non-hydrogen) atoms. The van der Waals surface area contributed by atoms with Crippen molar-refractivity contribution in [3.8, 4) is 6.01 Å². The van der Waals surface area contributed by atoms with Crippen molar-refractivity contribution in [2.24, 2.45) is 0 Å². The molecule has 0 bridgehead atoms. The van der Waals surface area contributed by atoms with Gasteiger partial charge in [0.1, 0.15) is 0 Å². The quantitative estimate of drug-likeness (QED) is 0.805. The molecule has 0 aliphatic heterocycles. The molecule has 0 radical (unpaired) electrons. The summed E-state index contributed by atoms with van der Waals surface area (Å²) in [4.78, 5) is 15.5. The second-order valence-electron chi connectivity index (χ2n) is 3.71. The molecule has 2 aromatic rings. The number of rotatable bonds is 3. The maximum absolute atomic E-state index is 11.7. The van der Waals surface area contributed by atoms with E-state index in [-0.39, 0.29) is 12.0 Å². The largest absolute Gasteiger partial charge is 0.466 e. The number of aryl methyl sites for hydroxylation is 1. The van der Waals surface area contributed by atoms with E-state index in [0.717, 1.165) is 5.56 Å². The van der Waals surface area contributed by atoms with Crippen molar-refractivity contribution in [2.45, 2.75) is 6.92 Å². The number of nitrogens with zero attached hydrogens (tertiary/aromatic N) is 2. The first-order chi connectivity index (χ1) is 9.08. The van der Waals surface area contributed by atoms with Crippen LogP contribution in [0.1, 0.15) is 5.56 Å². The number of hydrogen-bond acceptors (Lipinski definition) is 4. The third-order valence-electron chi connectivity index (χ3n) is 2.31. The molecule has 1 aromatic carbocycles. The smallest absolute Gasteiger partial charge is 0.336 e. The minimum Gasteiger partial charge on any atom is -0.466 e. The van der Waals surface area contributed by atoms with E-state index in [1.54, 1.807) is 12.1 Å². The number of methoxy groups -OCH3 is 1. The summed E-state index contributed by atoms with van der Waals surface area (Å²) in [6.07, 6.45) is 0. The van der Waals surface area contributed by atoms with Crippen LogP contribution in [0.4, 0.5) is 16.4 Å². The van der Waals surface area contributed by atoms with Crippen LogP contribution in [0.15, 0.2) is 18.2 Å². The van der Waals surface area contributed by atoms with Crippen LogP contribution in [0.25, 0.3) is 0 Å². The molecule has 0 saturated heterocycles. The molecule has 100 valence electrons. The van der Waals surface area contributed by atoms with E-state index in [4.69, 9.17) is 16.3 Å². The lowest BCUT2D eigenvalue weighted by Gasteiger charge is -2.06. The predicted molar refractivity (Wildman–Crippen MR) is 71.8 cm³/mol. The van der Waals surface area contributed by atoms with Gasteiger partial charge in [-0.1, -0.05) is 17.7 Å². The Morgan fingerprint density at radius 3 is 2.84 bits per heavy atom. The topological polar surface area (TPSA) is 91.9 Å². The summed E-state index contributed by atoms with van der Waals surface area (Å²) < 4.78 is 4.78. The van der Waals surface area contributed by atoms with Gasteiger partial charge in [0.15, 0.2) is 0 Å². The van der Waals surface area contributed by atoms with E-state index in [9.17, 15) is 4.79 Å². The zero-order chi connectivity index (χ0) is 13.8. The normalized spacial score (nSPS) is 10.1. The standard InChI is InChI=1S/C11H12ClN5O2/c1-6-3-4-7(5-8(6)12)13-10(18)14-9-15-11(19-2)17-16-9/h3-5H,1-2H3,(H3,13,14,15,16,17,18). The van der Waals surface area contributed by atoms with Crippen molar-refractivity contribution in [1.29, 1.82) is 0 Å². The first-order valence-corrected chi connectivity index (χ1v) is 5.77. The fourth-order valence-corrected chi connectivity index (χ4v) is 1.51. The van der Waals surface area contributed by atoms with E-state index >= 15 is 0 Å². The molecule has 8 heteroatoms. The zero-order valence-electron chi connectivity index (χ0n) is 10.3. The lowest BCUT2D eigenvalue weighted by Crippen LogP contribution is -2.20. The first kappa shape index (κ1) is 13.2. The average Bonchev–Trinajstić information content (AvgIpc) is 2.81. The summed E-state index contributed by atoms with van der Waals surface area (Å²) in [6.45, 7) is 1.88. The number of hydrogen-bond donors (Lipinski definition) is 3. The van der Waals surface area contributed by atoms with Crippen LogP contribution in [-0.2, 0) is 0 Å². The Balaban J connectivity index is 1.98. The van der Waals surface area contributed by atoms with E-state index in [1.165, 1.54) is 7.11 Å². The first-order valence-electron chi connectivity index (χ1n) is 5.39. The van der Waals surface area contributed by atoms with E-state index in [2.05, 4.69) is 25.8 Å². The van der Waals surface area contributed by atoms with Crippen LogP contribution < -0.4 is 15.4 Å². The number of H-pyrrole nitrogens is 1. The SMILES string of the molecule is COc1n[nH]c(NC(=O)Nc2ccc(C)c(Cl)c2)n1. The van der Waals surface area contributed by atoms with Crippen molar-refractivity contribution in [3.05, 3.63) is 28.8 Å². The summed E-state index contributed by atoms with van der Waals surface area (Å²) in [6, 6.07) is 4.92. The number of amides is 2. The molecular formula is C11H12ClN5O2. The number of anilines is 2. The van der Waals surface area contributed by atoms with Gasteiger partial charge in [-0.15, -0.1) is 5.10 Å². The van der Waals surface area contributed by atoms with Gasteiger partial charge in [-0.05, 0) is 24.6 Å². The predicted octanol–water partition coefficient (Wildman–Crippen LogP) is 2.42. The van der Waals surface area contributed by atoms with E-state index < -0.39 is 6.03 Å². The zero-order valence-corrected chi connectivity index (χ0v) is 11.1. The van der Waals surface area contributed by atoms with Gasteiger partial charge in [0.05, 0.1) is 7.11 Å². The number of nitrogens with one attached hydrogen (secondary N) is 3. The maximum atomic E-state index is 11.7. The number of carbonyl (C=O) groups is 1. The molecule has 0 aliphatic rings. The lowest BCUT2D eigenvalue weighted by atomic mass is 10.2. The molecule has 1 heterocycles. The molecule has 0 spiro atoms. The lowest BCUT2D eigenvalue weighted by molar-refractivity contribution is 0.262. The van der Waals surface area contributed by atoms with Crippen LogP contribution in [0.3, 0.4) is 0 Å². The van der Waals surface area contributed by atoms with Crippen molar-refractivity contribution >= 4 is 29.3 Å². The highest BCUT2D eigenvalue weighted by Crippen LogP contribution is 2.20. The molecule has 0 fully saturated rings. The van der Waals surface area contributed by atoms with Crippen LogP contribution in [-0.4, -0.2) is 28.3 Å². The highest BCUT2D eigenvalue weighted by Gasteiger charge is 2.08. The second-order valence-corrected chi connectivity index (χ2v) is 4.12. The van der Waals surface area contributed by atoms with Gasteiger partial charge in [0.25, 0.3) is 0 Å². The third kappa shape index (κ3) is 3.35. The van der Waals surface area contributed by atoms with Gasteiger partial charge in [0, 0.05) is 10.7 Å². The Labute approximate surface area is 114 Å². The Morgan fingerprint density at radius 1 is 1.42 bits per heavy atom. The fourth-order valence-electron chi connectivity index (χ4n) is 1.33. The number of aromatic amines is 1. The van der Waals surface area contributed by atoms with Crippen LogP contribution in [0, 0.1) is 6.92 Å². The molecule has 7 nitrogen and oxygen atoms in total. The van der Waals surface area contributed by atoms with Gasteiger partial charge in [0.2, 0.25) is 5.95 Å². The molecule has 0 unspecified atom stereocenters. The van der Waals surface area contributed by atoms with Gasteiger partial charge in [-0.25, -0.2) is 9.89 Å². The highest BCUT2D eigenvalue weighted by atomic mass is 35.5. The van der Waals surface area contributed by atoms with Gasteiger partial charge in [-0.2, -0.15) is 4.98 Å². The van der Waals surface area contributed by atoms with Crippen molar-refractivity contribution in [1.82, 2.24) is 15.2 Å². The second kappa shape index (κ2) is 5.57. The molecule has 0 saturated carbocycles. The summed E-state index contributed by atoms with van der Waals surface area (Å²) >= 11 is 5.96. The van der Waals surface area contributed by atoms with Crippen LogP contribution >= 0.6 is 11.6 Å². The number of aromatic nitrogens is 3. The molecule has 1 aromatic heterocycles. The summed E-state index contributed by atoms with van der Waals surface area (Å²) in [5.41, 5.74) is 1.52. The number of benzene rings is 1. The number of carbonyl (C=O) groups excluding carboxylic acids is 1. The van der Waals surface area contributed by atoms with Gasteiger partial charge < -0.3 is 10.1 Å². The van der Waals surface area contributed by atoms with Crippen molar-refractivity contribution < 1.29 is 9.53 Å². The van der Waals surface area contributed by atoms with Gasteiger partial charge in [-0.3, -0.25) is 5.32 Å². The molecule has 0 aliphatic carbocycles. The molecule has 3 N–H and O–H groups in total. The minimum atomic E-state index is -0.460.